The fourth-order valence-corrected chi connectivity index (χ4v) is 1.42. The van der Waals surface area contributed by atoms with Crippen molar-refractivity contribution >= 4 is 0 Å². The molecule has 0 fully saturated rings. The van der Waals surface area contributed by atoms with E-state index in [0.717, 1.165) is 17.8 Å². The molecule has 0 aromatic carbocycles. The Balaban J connectivity index is 2.54. The summed E-state index contributed by atoms with van der Waals surface area (Å²) in [7, 11) is 0. The van der Waals surface area contributed by atoms with Crippen molar-refractivity contribution in [2.45, 2.75) is 34.6 Å². The van der Waals surface area contributed by atoms with Crippen LogP contribution in [0.5, 0.6) is 0 Å². The molecule has 0 heteroatoms. The summed E-state index contributed by atoms with van der Waals surface area (Å²) in [5.41, 5.74) is 0.480. The summed E-state index contributed by atoms with van der Waals surface area (Å²) in [4.78, 5) is 0. The summed E-state index contributed by atoms with van der Waals surface area (Å²) < 4.78 is 0. The highest BCUT2D eigenvalue weighted by Gasteiger charge is 2.35. The van der Waals surface area contributed by atoms with E-state index in [9.17, 15) is 0 Å². The summed E-state index contributed by atoms with van der Waals surface area (Å²) in [5, 5.41) is 0. The Bertz CT molecular complexity index is 157. The Labute approximate surface area is 70.7 Å². The van der Waals surface area contributed by atoms with Crippen LogP contribution in [0.4, 0.5) is 0 Å². The second kappa shape index (κ2) is 2.66. The van der Waals surface area contributed by atoms with Gasteiger partial charge < -0.3 is 0 Å². The maximum atomic E-state index is 2.38. The van der Waals surface area contributed by atoms with Crippen molar-refractivity contribution in [1.82, 2.24) is 0 Å². The van der Waals surface area contributed by atoms with Gasteiger partial charge in [-0.15, -0.1) is 0 Å². The highest BCUT2D eigenvalue weighted by atomic mass is 14.4. The van der Waals surface area contributed by atoms with Gasteiger partial charge in [-0.1, -0.05) is 46.8 Å². The third kappa shape index (κ3) is 1.66. The van der Waals surface area contributed by atoms with Gasteiger partial charge >= 0.3 is 0 Å². The molecule has 64 valence electrons. The van der Waals surface area contributed by atoms with Gasteiger partial charge in [-0.05, 0) is 23.2 Å². The molecule has 0 spiro atoms. The summed E-state index contributed by atoms with van der Waals surface area (Å²) >= 11 is 0. The van der Waals surface area contributed by atoms with E-state index in [0.29, 0.717) is 5.41 Å². The van der Waals surface area contributed by atoms with Crippen molar-refractivity contribution in [2.24, 2.45) is 23.2 Å². The van der Waals surface area contributed by atoms with Gasteiger partial charge in [0.05, 0.1) is 0 Å². The lowest BCUT2D eigenvalue weighted by molar-refractivity contribution is 0.140. The van der Waals surface area contributed by atoms with Crippen LogP contribution >= 0.6 is 0 Å². The molecule has 1 rings (SSSR count). The van der Waals surface area contributed by atoms with Crippen LogP contribution in [0, 0.1) is 23.2 Å². The molecule has 0 heterocycles. The van der Waals surface area contributed by atoms with Gasteiger partial charge in [0.25, 0.3) is 0 Å². The van der Waals surface area contributed by atoms with Crippen molar-refractivity contribution in [1.29, 1.82) is 0 Å². The molecule has 0 aromatic rings. The van der Waals surface area contributed by atoms with Gasteiger partial charge in [-0.3, -0.25) is 0 Å². The summed E-state index contributed by atoms with van der Waals surface area (Å²) in [6.45, 7) is 11.8. The van der Waals surface area contributed by atoms with Crippen molar-refractivity contribution < 1.29 is 0 Å². The first-order chi connectivity index (χ1) is 4.96. The first kappa shape index (κ1) is 8.83. The molecule has 0 nitrogen and oxygen atoms in total. The Kier molecular flexibility index (Phi) is 2.13. The molecule has 0 saturated heterocycles. The van der Waals surface area contributed by atoms with Crippen molar-refractivity contribution in [3.05, 3.63) is 12.2 Å². The molecular weight excluding hydrogens is 132 g/mol. The highest BCUT2D eigenvalue weighted by molar-refractivity contribution is 5.16. The Morgan fingerprint density at radius 3 is 1.82 bits per heavy atom. The monoisotopic (exact) mass is 152 g/mol. The predicted octanol–water partition coefficient (Wildman–Crippen LogP) is 3.49. The van der Waals surface area contributed by atoms with Crippen LogP contribution in [-0.4, -0.2) is 0 Å². The number of allylic oxidation sites excluding steroid dienone is 2. The minimum absolute atomic E-state index is 0.480. The SMILES string of the molecule is CC(C)C(C)(C)C(C)C1C=C1. The van der Waals surface area contributed by atoms with E-state index in [1.807, 2.05) is 0 Å². The number of hydrogen-bond donors (Lipinski definition) is 0. The van der Waals surface area contributed by atoms with Crippen molar-refractivity contribution in [2.75, 3.05) is 0 Å². The average molecular weight is 152 g/mol. The molecule has 0 N–H and O–H groups in total. The zero-order valence-corrected chi connectivity index (χ0v) is 8.39. The molecule has 11 heavy (non-hydrogen) atoms. The van der Waals surface area contributed by atoms with E-state index in [4.69, 9.17) is 0 Å². The molecule has 0 aliphatic heterocycles. The first-order valence-corrected chi connectivity index (χ1v) is 4.64. The minimum Gasteiger partial charge on any atom is -0.0807 e. The normalized spacial score (nSPS) is 20.9. The van der Waals surface area contributed by atoms with E-state index >= 15 is 0 Å². The molecule has 0 aromatic heterocycles. The molecule has 0 bridgehead atoms. The van der Waals surface area contributed by atoms with Crippen LogP contribution in [0.3, 0.4) is 0 Å². The summed E-state index contributed by atoms with van der Waals surface area (Å²) in [5.74, 6) is 2.38. The molecule has 1 unspecified atom stereocenters. The third-order valence-corrected chi connectivity index (χ3v) is 3.65. The topological polar surface area (TPSA) is 0 Å². The van der Waals surface area contributed by atoms with Gasteiger partial charge in [-0.2, -0.15) is 0 Å². The van der Waals surface area contributed by atoms with Crippen LogP contribution in [-0.2, 0) is 0 Å². The predicted molar refractivity (Wildman–Crippen MR) is 50.4 cm³/mol. The first-order valence-electron chi connectivity index (χ1n) is 4.64. The molecule has 0 radical (unpaired) electrons. The molecule has 1 aliphatic rings. The number of rotatable bonds is 3. The molecule has 1 atom stereocenters. The van der Waals surface area contributed by atoms with E-state index in [1.54, 1.807) is 0 Å². The molecule has 0 saturated carbocycles. The van der Waals surface area contributed by atoms with Crippen LogP contribution < -0.4 is 0 Å². The standard InChI is InChI=1S/C11H20/c1-8(2)11(4,5)9(3)10-6-7-10/h6-10H,1-5H3. The van der Waals surface area contributed by atoms with Gasteiger partial charge in [0.1, 0.15) is 0 Å². The lowest BCUT2D eigenvalue weighted by Gasteiger charge is -2.36. The second-order valence-electron chi connectivity index (χ2n) is 4.73. The van der Waals surface area contributed by atoms with E-state index in [-0.39, 0.29) is 0 Å². The lowest BCUT2D eigenvalue weighted by Crippen LogP contribution is -2.29. The Morgan fingerprint density at radius 2 is 1.55 bits per heavy atom. The summed E-state index contributed by atoms with van der Waals surface area (Å²) in [6, 6.07) is 0. The lowest BCUT2D eigenvalue weighted by atomic mass is 9.69. The molecule has 0 amide bonds. The molecular formula is C11H20. The quantitative estimate of drug-likeness (QED) is 0.543. The zero-order chi connectivity index (χ0) is 8.65. The smallest absolute Gasteiger partial charge is 0.00222 e. The van der Waals surface area contributed by atoms with E-state index < -0.39 is 0 Å². The fraction of sp³-hybridized carbons (Fsp3) is 0.818. The van der Waals surface area contributed by atoms with Gasteiger partial charge in [0.2, 0.25) is 0 Å². The van der Waals surface area contributed by atoms with Gasteiger partial charge in [0, 0.05) is 0 Å². The fourth-order valence-electron chi connectivity index (χ4n) is 1.42. The Hall–Kier alpha value is -0.260. The van der Waals surface area contributed by atoms with Crippen LogP contribution in [0.1, 0.15) is 34.6 Å². The second-order valence-corrected chi connectivity index (χ2v) is 4.73. The van der Waals surface area contributed by atoms with Crippen LogP contribution in [0.15, 0.2) is 12.2 Å². The summed E-state index contributed by atoms with van der Waals surface area (Å²) in [6.07, 6.45) is 4.63. The number of hydrogen-bond acceptors (Lipinski definition) is 0. The van der Waals surface area contributed by atoms with E-state index in [1.165, 1.54) is 0 Å². The van der Waals surface area contributed by atoms with Crippen LogP contribution in [0.25, 0.3) is 0 Å². The van der Waals surface area contributed by atoms with E-state index in [2.05, 4.69) is 46.8 Å². The molecule has 1 aliphatic carbocycles. The van der Waals surface area contributed by atoms with Crippen molar-refractivity contribution in [3.8, 4) is 0 Å². The maximum Gasteiger partial charge on any atom is -0.00222 e. The van der Waals surface area contributed by atoms with Crippen LogP contribution in [0.2, 0.25) is 0 Å². The minimum atomic E-state index is 0.480. The highest BCUT2D eigenvalue weighted by Crippen LogP contribution is 2.43. The maximum absolute atomic E-state index is 2.38. The third-order valence-electron chi connectivity index (χ3n) is 3.65. The Morgan fingerprint density at radius 1 is 1.09 bits per heavy atom. The zero-order valence-electron chi connectivity index (χ0n) is 8.39. The van der Waals surface area contributed by atoms with Gasteiger partial charge in [0.15, 0.2) is 0 Å². The van der Waals surface area contributed by atoms with Gasteiger partial charge in [-0.25, -0.2) is 0 Å². The van der Waals surface area contributed by atoms with Crippen molar-refractivity contribution in [3.63, 3.8) is 0 Å². The largest absolute Gasteiger partial charge is 0.0807 e. The average Bonchev–Trinajstić information content (AvgIpc) is 2.66.